The molecule has 0 aliphatic rings. The van der Waals surface area contributed by atoms with E-state index in [0.717, 1.165) is 26.8 Å². The Balaban J connectivity index is 2.15. The molecule has 3 rings (SSSR count). The first-order chi connectivity index (χ1) is 10.1. The summed E-state index contributed by atoms with van der Waals surface area (Å²) >= 11 is 5.05. The van der Waals surface area contributed by atoms with Crippen molar-refractivity contribution in [3.63, 3.8) is 0 Å². The van der Waals surface area contributed by atoms with Gasteiger partial charge in [-0.15, -0.1) is 0 Å². The average molecular weight is 299 g/mol. The summed E-state index contributed by atoms with van der Waals surface area (Å²) in [6.07, 6.45) is 1.64. The molecule has 0 spiro atoms. The van der Waals surface area contributed by atoms with Gasteiger partial charge in [-0.3, -0.25) is 9.89 Å². The van der Waals surface area contributed by atoms with Crippen LogP contribution in [-0.4, -0.2) is 26.1 Å². The highest BCUT2D eigenvalue weighted by atomic mass is 32.1. The Morgan fingerprint density at radius 2 is 2.10 bits per heavy atom. The summed E-state index contributed by atoms with van der Waals surface area (Å²) in [5, 5.41) is 11.7. The van der Waals surface area contributed by atoms with Crippen molar-refractivity contribution in [2.24, 2.45) is 5.10 Å². The predicted molar refractivity (Wildman–Crippen MR) is 84.4 cm³/mol. The molecule has 106 valence electrons. The van der Waals surface area contributed by atoms with Crippen molar-refractivity contribution in [3.8, 4) is 0 Å². The number of fused-ring (bicyclic) bond motifs is 1. The molecule has 0 aliphatic heterocycles. The van der Waals surface area contributed by atoms with Gasteiger partial charge in [-0.25, -0.2) is 0 Å². The van der Waals surface area contributed by atoms with Crippen LogP contribution in [0.15, 0.2) is 34.2 Å². The number of aromatic nitrogens is 4. The minimum atomic E-state index is -0.326. The molecule has 21 heavy (non-hydrogen) atoms. The van der Waals surface area contributed by atoms with Gasteiger partial charge in [-0.2, -0.15) is 14.9 Å². The molecule has 3 aromatic rings. The average Bonchev–Trinajstić information content (AvgIpc) is 2.79. The van der Waals surface area contributed by atoms with Crippen LogP contribution < -0.4 is 5.56 Å². The third-order valence-electron chi connectivity index (χ3n) is 3.26. The van der Waals surface area contributed by atoms with Crippen LogP contribution in [0.3, 0.4) is 0 Å². The summed E-state index contributed by atoms with van der Waals surface area (Å²) in [7, 11) is 0. The van der Waals surface area contributed by atoms with Crippen molar-refractivity contribution in [1.82, 2.24) is 19.9 Å². The van der Waals surface area contributed by atoms with Gasteiger partial charge < -0.3 is 4.98 Å². The van der Waals surface area contributed by atoms with Crippen LogP contribution in [0.1, 0.15) is 17.0 Å². The topological polar surface area (TPSA) is 78.8 Å². The Kier molecular flexibility index (Phi) is 3.26. The van der Waals surface area contributed by atoms with Gasteiger partial charge in [0.25, 0.3) is 5.56 Å². The molecule has 0 saturated carbocycles. The summed E-state index contributed by atoms with van der Waals surface area (Å²) in [5.41, 5.74) is 2.93. The number of nitrogens with zero attached hydrogens (tertiary/aromatic N) is 3. The van der Waals surface area contributed by atoms with Crippen LogP contribution in [0, 0.1) is 18.6 Å². The number of H-pyrrole nitrogens is 2. The maximum Gasteiger partial charge on any atom is 0.296 e. The maximum atomic E-state index is 12.0. The van der Waals surface area contributed by atoms with E-state index in [1.807, 2.05) is 31.2 Å². The number of rotatable bonds is 2. The number of nitrogens with one attached hydrogen (secondary N) is 2. The Hall–Kier alpha value is -2.54. The molecule has 0 unspecified atom stereocenters. The number of benzene rings is 1. The Morgan fingerprint density at radius 1 is 1.33 bits per heavy atom. The lowest BCUT2D eigenvalue weighted by atomic mass is 10.1. The number of hydrogen-bond donors (Lipinski definition) is 2. The summed E-state index contributed by atoms with van der Waals surface area (Å²) in [4.78, 5) is 15.3. The van der Waals surface area contributed by atoms with E-state index in [1.165, 1.54) is 0 Å². The van der Waals surface area contributed by atoms with E-state index < -0.39 is 0 Å². The van der Waals surface area contributed by atoms with Crippen molar-refractivity contribution in [2.45, 2.75) is 13.8 Å². The number of aromatic amines is 2. The Bertz CT molecular complexity index is 963. The fraction of sp³-hybridized carbons (Fsp3) is 0.143. The molecule has 0 bridgehead atoms. The SMILES string of the molecule is Cc1[nH]c2ccccc2c1/C=N/n1c(=S)[nH]nc(C)c1=O. The molecular formula is C14H13N5OS. The second-order valence-electron chi connectivity index (χ2n) is 4.68. The molecule has 2 N–H and O–H groups in total. The van der Waals surface area contributed by atoms with E-state index in [1.54, 1.807) is 13.1 Å². The highest BCUT2D eigenvalue weighted by Crippen LogP contribution is 2.19. The van der Waals surface area contributed by atoms with E-state index in [9.17, 15) is 4.79 Å². The van der Waals surface area contributed by atoms with Crippen LogP contribution >= 0.6 is 12.2 Å². The van der Waals surface area contributed by atoms with Gasteiger partial charge >= 0.3 is 0 Å². The molecule has 0 amide bonds. The number of aryl methyl sites for hydroxylation is 2. The van der Waals surface area contributed by atoms with E-state index >= 15 is 0 Å². The Morgan fingerprint density at radius 3 is 2.90 bits per heavy atom. The van der Waals surface area contributed by atoms with Crippen molar-refractivity contribution in [2.75, 3.05) is 0 Å². The maximum absolute atomic E-state index is 12.0. The van der Waals surface area contributed by atoms with Gasteiger partial charge in [-0.05, 0) is 32.1 Å². The monoisotopic (exact) mass is 299 g/mol. The minimum absolute atomic E-state index is 0.166. The second-order valence-corrected chi connectivity index (χ2v) is 5.07. The summed E-state index contributed by atoms with van der Waals surface area (Å²) in [6.45, 7) is 3.57. The normalized spacial score (nSPS) is 11.5. The summed E-state index contributed by atoms with van der Waals surface area (Å²) < 4.78 is 1.30. The fourth-order valence-electron chi connectivity index (χ4n) is 2.16. The fourth-order valence-corrected chi connectivity index (χ4v) is 2.33. The van der Waals surface area contributed by atoms with Gasteiger partial charge in [0.15, 0.2) is 0 Å². The van der Waals surface area contributed by atoms with Gasteiger partial charge in [0.1, 0.15) is 5.69 Å². The zero-order valence-corrected chi connectivity index (χ0v) is 12.4. The van der Waals surface area contributed by atoms with Crippen molar-refractivity contribution in [3.05, 3.63) is 56.3 Å². The van der Waals surface area contributed by atoms with Gasteiger partial charge in [0, 0.05) is 22.2 Å². The molecule has 1 aromatic carbocycles. The van der Waals surface area contributed by atoms with E-state index in [4.69, 9.17) is 12.2 Å². The van der Waals surface area contributed by atoms with E-state index in [-0.39, 0.29) is 10.3 Å². The Labute approximate surface area is 125 Å². The number of para-hydroxylation sites is 1. The molecule has 0 saturated heterocycles. The van der Waals surface area contributed by atoms with Crippen LogP contribution in [0.25, 0.3) is 10.9 Å². The molecule has 0 fully saturated rings. The lowest BCUT2D eigenvalue weighted by Gasteiger charge is -1.99. The number of hydrogen-bond acceptors (Lipinski definition) is 4. The lowest BCUT2D eigenvalue weighted by Crippen LogP contribution is -2.22. The highest BCUT2D eigenvalue weighted by molar-refractivity contribution is 7.71. The van der Waals surface area contributed by atoms with Crippen molar-refractivity contribution < 1.29 is 0 Å². The van der Waals surface area contributed by atoms with Gasteiger partial charge in [-0.1, -0.05) is 18.2 Å². The smallest absolute Gasteiger partial charge is 0.296 e. The first kappa shape index (κ1) is 13.4. The molecule has 2 aromatic heterocycles. The molecule has 0 atom stereocenters. The highest BCUT2D eigenvalue weighted by Gasteiger charge is 2.06. The zero-order chi connectivity index (χ0) is 15.0. The van der Waals surface area contributed by atoms with E-state index in [0.29, 0.717) is 5.69 Å². The first-order valence-corrected chi connectivity index (χ1v) is 6.79. The van der Waals surface area contributed by atoms with Crippen molar-refractivity contribution >= 4 is 29.3 Å². The van der Waals surface area contributed by atoms with Gasteiger partial charge in [0.05, 0.1) is 6.21 Å². The van der Waals surface area contributed by atoms with Crippen LogP contribution in [0.2, 0.25) is 0 Å². The largest absolute Gasteiger partial charge is 0.358 e. The quantitative estimate of drug-likeness (QED) is 0.563. The van der Waals surface area contributed by atoms with Crippen LogP contribution in [0.5, 0.6) is 0 Å². The predicted octanol–water partition coefficient (Wildman–Crippen LogP) is 2.28. The second kappa shape index (κ2) is 5.10. The zero-order valence-electron chi connectivity index (χ0n) is 11.5. The van der Waals surface area contributed by atoms with Crippen LogP contribution in [0.4, 0.5) is 0 Å². The van der Waals surface area contributed by atoms with E-state index in [2.05, 4.69) is 20.3 Å². The molecular weight excluding hydrogens is 286 g/mol. The van der Waals surface area contributed by atoms with Crippen molar-refractivity contribution in [1.29, 1.82) is 0 Å². The first-order valence-electron chi connectivity index (χ1n) is 6.38. The molecule has 6 nitrogen and oxygen atoms in total. The van der Waals surface area contributed by atoms with Gasteiger partial charge in [0.2, 0.25) is 4.77 Å². The molecule has 2 heterocycles. The molecule has 0 radical (unpaired) electrons. The molecule has 0 aliphatic carbocycles. The summed E-state index contributed by atoms with van der Waals surface area (Å²) in [5.74, 6) is 0. The van der Waals surface area contributed by atoms with Crippen LogP contribution in [-0.2, 0) is 0 Å². The summed E-state index contributed by atoms with van der Waals surface area (Å²) in [6, 6.07) is 7.92. The third kappa shape index (κ3) is 2.31. The third-order valence-corrected chi connectivity index (χ3v) is 3.52. The lowest BCUT2D eigenvalue weighted by molar-refractivity contribution is 0.720. The minimum Gasteiger partial charge on any atom is -0.358 e. The molecule has 7 heteroatoms. The standard InChI is InChI=1S/C14H13N5OS/c1-8-11(10-5-3-4-6-12(10)16-8)7-15-19-13(20)9(2)17-18-14(19)21/h3-7,16H,1-2H3,(H,18,21)/b15-7+.